The van der Waals surface area contributed by atoms with Gasteiger partial charge in [-0.25, -0.2) is 4.98 Å². The lowest BCUT2D eigenvalue weighted by atomic mass is 9.94. The van der Waals surface area contributed by atoms with Crippen LogP contribution in [0.1, 0.15) is 37.8 Å². The molecule has 2 N–H and O–H groups in total. The zero-order chi connectivity index (χ0) is 20.6. The molecule has 1 aromatic heterocycles. The summed E-state index contributed by atoms with van der Waals surface area (Å²) in [5, 5.41) is 6.95. The number of anilines is 1. The Morgan fingerprint density at radius 1 is 1.27 bits per heavy atom. The van der Waals surface area contributed by atoms with Crippen LogP contribution in [0.3, 0.4) is 0 Å². The van der Waals surface area contributed by atoms with E-state index in [2.05, 4.69) is 82.7 Å². The van der Waals surface area contributed by atoms with Gasteiger partial charge in [-0.2, -0.15) is 0 Å². The van der Waals surface area contributed by atoms with Gasteiger partial charge in [-0.3, -0.25) is 4.99 Å². The second-order valence-corrected chi connectivity index (χ2v) is 7.71. The van der Waals surface area contributed by atoms with Crippen molar-refractivity contribution in [2.75, 3.05) is 31.6 Å². The van der Waals surface area contributed by atoms with Gasteiger partial charge in [0.25, 0.3) is 0 Å². The van der Waals surface area contributed by atoms with Gasteiger partial charge in [-0.15, -0.1) is 24.0 Å². The number of aliphatic imine (C=N–C) groups is 1. The van der Waals surface area contributed by atoms with Crippen LogP contribution in [0, 0.1) is 0 Å². The number of ether oxygens (including phenoxy) is 1. The molecule has 7 heteroatoms. The SMILES string of the molecule is CN=C(NCc1ccnc(N2CCOC(C)C2)c1)NC(C)C(C)c1ccccc1.I. The molecule has 1 aliphatic rings. The van der Waals surface area contributed by atoms with Crippen molar-refractivity contribution in [2.45, 2.75) is 45.4 Å². The molecule has 1 aliphatic heterocycles. The van der Waals surface area contributed by atoms with Crippen molar-refractivity contribution in [3.8, 4) is 0 Å². The van der Waals surface area contributed by atoms with Crippen LogP contribution in [0.15, 0.2) is 53.7 Å². The molecule has 3 rings (SSSR count). The van der Waals surface area contributed by atoms with E-state index in [1.165, 1.54) is 11.1 Å². The highest BCUT2D eigenvalue weighted by atomic mass is 127. The smallest absolute Gasteiger partial charge is 0.191 e. The maximum atomic E-state index is 5.64. The van der Waals surface area contributed by atoms with E-state index in [-0.39, 0.29) is 36.1 Å². The first kappa shape index (κ1) is 24.4. The van der Waals surface area contributed by atoms with E-state index in [0.717, 1.165) is 31.5 Å². The van der Waals surface area contributed by atoms with E-state index < -0.39 is 0 Å². The number of morpholine rings is 1. The van der Waals surface area contributed by atoms with Gasteiger partial charge in [0.1, 0.15) is 5.82 Å². The molecule has 0 spiro atoms. The van der Waals surface area contributed by atoms with E-state index in [9.17, 15) is 0 Å². The van der Waals surface area contributed by atoms with Crippen molar-refractivity contribution in [3.63, 3.8) is 0 Å². The minimum atomic E-state index is 0. The molecule has 3 atom stereocenters. The average Bonchev–Trinajstić information content (AvgIpc) is 2.76. The van der Waals surface area contributed by atoms with Crippen LogP contribution in [-0.4, -0.2) is 49.8 Å². The Hall–Kier alpha value is -1.87. The third-order valence-corrected chi connectivity index (χ3v) is 5.50. The molecule has 0 bridgehead atoms. The zero-order valence-corrected chi connectivity index (χ0v) is 20.7. The van der Waals surface area contributed by atoms with Crippen molar-refractivity contribution < 1.29 is 4.74 Å². The van der Waals surface area contributed by atoms with Crippen molar-refractivity contribution in [3.05, 3.63) is 59.8 Å². The first-order chi connectivity index (χ1) is 14.1. The Kier molecular flexibility index (Phi) is 9.84. The minimum Gasteiger partial charge on any atom is -0.375 e. The standard InChI is InChI=1S/C23H33N5O.HI/c1-17-16-28(12-13-29-17)22-14-20(10-11-25-22)15-26-23(24-4)27-19(3)18(2)21-8-6-5-7-9-21;/h5-11,14,17-19H,12-13,15-16H2,1-4H3,(H2,24,26,27);1H. The molecule has 2 heterocycles. The van der Waals surface area contributed by atoms with Gasteiger partial charge < -0.3 is 20.3 Å². The van der Waals surface area contributed by atoms with Crippen LogP contribution in [0.2, 0.25) is 0 Å². The van der Waals surface area contributed by atoms with Gasteiger partial charge in [0.15, 0.2) is 5.96 Å². The molecule has 0 aliphatic carbocycles. The molecular weight excluding hydrogens is 489 g/mol. The van der Waals surface area contributed by atoms with Crippen LogP contribution < -0.4 is 15.5 Å². The molecule has 1 saturated heterocycles. The molecule has 2 aromatic rings. The lowest BCUT2D eigenvalue weighted by Gasteiger charge is -2.32. The highest BCUT2D eigenvalue weighted by Gasteiger charge is 2.18. The largest absolute Gasteiger partial charge is 0.375 e. The molecule has 6 nitrogen and oxygen atoms in total. The van der Waals surface area contributed by atoms with Gasteiger partial charge in [0.2, 0.25) is 0 Å². The number of benzene rings is 1. The second-order valence-electron chi connectivity index (χ2n) is 7.71. The minimum absolute atomic E-state index is 0. The summed E-state index contributed by atoms with van der Waals surface area (Å²) in [7, 11) is 1.81. The fourth-order valence-electron chi connectivity index (χ4n) is 3.54. The van der Waals surface area contributed by atoms with Gasteiger partial charge in [-0.05, 0) is 37.1 Å². The second kappa shape index (κ2) is 12.1. The molecule has 0 radical (unpaired) electrons. The topological polar surface area (TPSA) is 61.8 Å². The first-order valence-electron chi connectivity index (χ1n) is 10.4. The monoisotopic (exact) mass is 523 g/mol. The lowest BCUT2D eigenvalue weighted by molar-refractivity contribution is 0.0529. The summed E-state index contributed by atoms with van der Waals surface area (Å²) in [5.74, 6) is 2.19. The molecule has 0 amide bonds. The highest BCUT2D eigenvalue weighted by Crippen LogP contribution is 2.19. The van der Waals surface area contributed by atoms with Crippen LogP contribution in [0.4, 0.5) is 5.82 Å². The summed E-state index contributed by atoms with van der Waals surface area (Å²) in [6.07, 6.45) is 2.12. The zero-order valence-electron chi connectivity index (χ0n) is 18.3. The molecule has 1 aromatic carbocycles. The molecular formula is C23H34IN5O. The van der Waals surface area contributed by atoms with Gasteiger partial charge in [-0.1, -0.05) is 37.3 Å². The normalized spacial score (nSPS) is 18.9. The Balaban J connectivity index is 0.00000320. The molecule has 1 fully saturated rings. The number of nitrogens with one attached hydrogen (secondary N) is 2. The number of halogens is 1. The van der Waals surface area contributed by atoms with Crippen molar-refractivity contribution in [1.29, 1.82) is 0 Å². The summed E-state index contributed by atoms with van der Waals surface area (Å²) >= 11 is 0. The van der Waals surface area contributed by atoms with E-state index in [0.29, 0.717) is 12.5 Å². The van der Waals surface area contributed by atoms with Crippen molar-refractivity contribution in [1.82, 2.24) is 15.6 Å². The van der Waals surface area contributed by atoms with E-state index in [1.54, 1.807) is 0 Å². The number of rotatable bonds is 6. The summed E-state index contributed by atoms with van der Waals surface area (Å²) in [6.45, 7) is 9.73. The van der Waals surface area contributed by atoms with Crippen LogP contribution in [0.5, 0.6) is 0 Å². The highest BCUT2D eigenvalue weighted by molar-refractivity contribution is 14.0. The predicted molar refractivity (Wildman–Crippen MR) is 135 cm³/mol. The summed E-state index contributed by atoms with van der Waals surface area (Å²) in [6, 6.07) is 15.0. The number of aromatic nitrogens is 1. The molecule has 30 heavy (non-hydrogen) atoms. The van der Waals surface area contributed by atoms with E-state index in [4.69, 9.17) is 4.74 Å². The van der Waals surface area contributed by atoms with Crippen molar-refractivity contribution in [2.24, 2.45) is 4.99 Å². The Labute approximate surface area is 197 Å². The quantitative estimate of drug-likeness (QED) is 0.343. The van der Waals surface area contributed by atoms with E-state index in [1.807, 2.05) is 19.3 Å². The van der Waals surface area contributed by atoms with Gasteiger partial charge in [0, 0.05) is 44.8 Å². The molecule has 0 saturated carbocycles. The number of nitrogens with zero attached hydrogens (tertiary/aromatic N) is 3. The third-order valence-electron chi connectivity index (χ3n) is 5.50. The fraction of sp³-hybridized carbons (Fsp3) is 0.478. The number of pyridine rings is 1. The van der Waals surface area contributed by atoms with Gasteiger partial charge in [0.05, 0.1) is 12.7 Å². The average molecular weight is 523 g/mol. The maximum Gasteiger partial charge on any atom is 0.191 e. The number of guanidine groups is 1. The number of hydrogen-bond donors (Lipinski definition) is 2. The lowest BCUT2D eigenvalue weighted by Crippen LogP contribution is -2.44. The fourth-order valence-corrected chi connectivity index (χ4v) is 3.54. The number of hydrogen-bond acceptors (Lipinski definition) is 4. The summed E-state index contributed by atoms with van der Waals surface area (Å²) in [5.41, 5.74) is 2.50. The van der Waals surface area contributed by atoms with Crippen LogP contribution >= 0.6 is 24.0 Å². The van der Waals surface area contributed by atoms with Crippen LogP contribution in [0.25, 0.3) is 0 Å². The van der Waals surface area contributed by atoms with Gasteiger partial charge >= 0.3 is 0 Å². The third kappa shape index (κ3) is 6.84. The first-order valence-corrected chi connectivity index (χ1v) is 10.4. The van der Waals surface area contributed by atoms with Crippen LogP contribution in [-0.2, 0) is 11.3 Å². The maximum absolute atomic E-state index is 5.64. The Bertz CT molecular complexity index is 801. The molecule has 164 valence electrons. The summed E-state index contributed by atoms with van der Waals surface area (Å²) in [4.78, 5) is 11.2. The predicted octanol–water partition coefficient (Wildman–Crippen LogP) is 3.78. The van der Waals surface area contributed by atoms with E-state index >= 15 is 0 Å². The summed E-state index contributed by atoms with van der Waals surface area (Å²) < 4.78 is 5.64. The Morgan fingerprint density at radius 3 is 2.73 bits per heavy atom. The Morgan fingerprint density at radius 2 is 2.03 bits per heavy atom. The molecule has 3 unspecified atom stereocenters. The van der Waals surface area contributed by atoms with Crippen molar-refractivity contribution >= 4 is 35.8 Å².